The van der Waals surface area contributed by atoms with Gasteiger partial charge in [0.05, 0.1) is 6.21 Å². The molecule has 1 N–H and O–H groups in total. The van der Waals surface area contributed by atoms with Gasteiger partial charge in [-0.2, -0.15) is 0 Å². The molecule has 0 unspecified atom stereocenters. The standard InChI is InChI=1S/C5H5NO.C4H5NO/c1-2-4-6-7-5-3-1;1-2-4-6-5-3-1/h1-5H;1-5H. The zero-order valence-electron chi connectivity index (χ0n) is 6.96. The summed E-state index contributed by atoms with van der Waals surface area (Å²) in [5.41, 5.74) is 2.52. The molecule has 68 valence electrons. The van der Waals surface area contributed by atoms with Crippen LogP contribution < -0.4 is 5.48 Å². The molecule has 0 aromatic rings. The molecule has 0 spiro atoms. The van der Waals surface area contributed by atoms with Gasteiger partial charge in [0.2, 0.25) is 0 Å². The largest absolute Gasteiger partial charge is 0.391 e. The number of allylic oxidation sites excluding steroid dienone is 5. The highest BCUT2D eigenvalue weighted by molar-refractivity contribution is 5.71. The molecule has 0 saturated carbocycles. The summed E-state index contributed by atoms with van der Waals surface area (Å²) < 4.78 is 0. The first-order chi connectivity index (χ1) is 6.50. The average molecular weight is 178 g/mol. The summed E-state index contributed by atoms with van der Waals surface area (Å²) in [5.74, 6) is 0. The zero-order valence-corrected chi connectivity index (χ0v) is 6.96. The molecule has 2 aliphatic rings. The van der Waals surface area contributed by atoms with Crippen molar-refractivity contribution in [2.75, 3.05) is 0 Å². The molecular weight excluding hydrogens is 168 g/mol. The summed E-state index contributed by atoms with van der Waals surface area (Å²) in [5, 5.41) is 3.47. The Bertz CT molecular complexity index is 239. The highest BCUT2D eigenvalue weighted by Crippen LogP contribution is 1.84. The quantitative estimate of drug-likeness (QED) is 0.613. The number of hydroxylamine groups is 1. The van der Waals surface area contributed by atoms with E-state index in [0.29, 0.717) is 0 Å². The third-order valence-corrected chi connectivity index (χ3v) is 1.06. The summed E-state index contributed by atoms with van der Waals surface area (Å²) in [6, 6.07) is 0. The first-order valence-electron chi connectivity index (χ1n) is 3.74. The molecule has 0 saturated heterocycles. The van der Waals surface area contributed by atoms with Crippen molar-refractivity contribution in [3.63, 3.8) is 0 Å². The lowest BCUT2D eigenvalue weighted by Crippen LogP contribution is -2.01. The second-order valence-corrected chi connectivity index (χ2v) is 2.00. The molecule has 0 radical (unpaired) electrons. The minimum atomic E-state index is 1.51. The SMILES string of the molecule is C1=CC=NOC=C1.C1=CNOC=C1. The lowest BCUT2D eigenvalue weighted by atomic mass is 10.5. The van der Waals surface area contributed by atoms with Crippen molar-refractivity contribution < 1.29 is 9.68 Å². The Labute approximate surface area is 76.5 Å². The van der Waals surface area contributed by atoms with Gasteiger partial charge in [0.25, 0.3) is 0 Å². The number of hydrogen-bond acceptors (Lipinski definition) is 4. The molecule has 0 amide bonds. The van der Waals surface area contributed by atoms with Crippen molar-refractivity contribution in [1.29, 1.82) is 0 Å². The molecule has 4 nitrogen and oxygen atoms in total. The minimum Gasteiger partial charge on any atom is -0.391 e. The Balaban J connectivity index is 0.000000132. The van der Waals surface area contributed by atoms with E-state index in [0.717, 1.165) is 0 Å². The highest BCUT2D eigenvalue weighted by Gasteiger charge is 1.72. The fourth-order valence-electron chi connectivity index (χ4n) is 0.558. The lowest BCUT2D eigenvalue weighted by molar-refractivity contribution is 0.172. The van der Waals surface area contributed by atoms with Crippen LogP contribution in [0.15, 0.2) is 54.3 Å². The van der Waals surface area contributed by atoms with Crippen LogP contribution in [0.5, 0.6) is 0 Å². The first-order valence-corrected chi connectivity index (χ1v) is 3.74. The van der Waals surface area contributed by atoms with Gasteiger partial charge < -0.3 is 9.68 Å². The number of nitrogens with one attached hydrogen (secondary N) is 1. The number of oxime groups is 1. The van der Waals surface area contributed by atoms with E-state index in [9.17, 15) is 0 Å². The van der Waals surface area contributed by atoms with Gasteiger partial charge in [-0.1, -0.05) is 11.2 Å². The van der Waals surface area contributed by atoms with Crippen LogP contribution in [-0.2, 0) is 9.68 Å². The van der Waals surface area contributed by atoms with Crippen LogP contribution in [0, 0.1) is 0 Å². The van der Waals surface area contributed by atoms with Crippen molar-refractivity contribution >= 4 is 6.21 Å². The number of hydrogen-bond donors (Lipinski definition) is 1. The van der Waals surface area contributed by atoms with Crippen LogP contribution in [0.25, 0.3) is 0 Å². The summed E-state index contributed by atoms with van der Waals surface area (Å²) in [4.78, 5) is 9.07. The maximum Gasteiger partial charge on any atom is 0.122 e. The number of rotatable bonds is 0. The molecule has 0 aromatic heterocycles. The van der Waals surface area contributed by atoms with E-state index >= 15 is 0 Å². The minimum absolute atomic E-state index is 1.51. The molecular formula is C9H10N2O2. The van der Waals surface area contributed by atoms with E-state index in [1.54, 1.807) is 36.9 Å². The monoisotopic (exact) mass is 178 g/mol. The maximum atomic E-state index is 4.55. The highest BCUT2D eigenvalue weighted by atomic mass is 16.6. The Hall–Kier alpha value is -1.97. The summed E-state index contributed by atoms with van der Waals surface area (Å²) in [6.45, 7) is 0. The average Bonchev–Trinajstić information content (AvgIpc) is 2.53. The molecule has 4 heteroatoms. The van der Waals surface area contributed by atoms with Crippen LogP contribution in [-0.4, -0.2) is 6.21 Å². The molecule has 0 bridgehead atoms. The van der Waals surface area contributed by atoms with Gasteiger partial charge >= 0.3 is 0 Å². The summed E-state index contributed by atoms with van der Waals surface area (Å²) >= 11 is 0. The van der Waals surface area contributed by atoms with E-state index in [4.69, 9.17) is 0 Å². The van der Waals surface area contributed by atoms with Crippen molar-refractivity contribution in [1.82, 2.24) is 5.48 Å². The van der Waals surface area contributed by atoms with Crippen LogP contribution in [0.1, 0.15) is 0 Å². The third kappa shape index (κ3) is 5.32. The Morgan fingerprint density at radius 3 is 2.46 bits per heavy atom. The van der Waals surface area contributed by atoms with Gasteiger partial charge in [-0.05, 0) is 24.3 Å². The predicted octanol–water partition coefficient (Wildman–Crippen LogP) is 1.62. The molecule has 2 rings (SSSR count). The number of nitrogens with zero attached hydrogens (tertiary/aromatic N) is 1. The van der Waals surface area contributed by atoms with Crippen LogP contribution in [0.2, 0.25) is 0 Å². The maximum absolute atomic E-state index is 4.55. The van der Waals surface area contributed by atoms with E-state index in [1.807, 2.05) is 12.2 Å². The predicted molar refractivity (Wildman–Crippen MR) is 50.4 cm³/mol. The Kier molecular flexibility index (Phi) is 4.72. The van der Waals surface area contributed by atoms with E-state index in [-0.39, 0.29) is 0 Å². The van der Waals surface area contributed by atoms with Crippen LogP contribution >= 0.6 is 0 Å². The lowest BCUT2D eigenvalue weighted by Gasteiger charge is -1.97. The van der Waals surface area contributed by atoms with Crippen molar-refractivity contribution in [2.45, 2.75) is 0 Å². The Morgan fingerprint density at radius 1 is 0.923 bits per heavy atom. The summed E-state index contributed by atoms with van der Waals surface area (Å²) in [7, 11) is 0. The fourth-order valence-corrected chi connectivity index (χ4v) is 0.558. The van der Waals surface area contributed by atoms with Gasteiger partial charge in [0, 0.05) is 6.20 Å². The molecule has 2 aliphatic heterocycles. The summed E-state index contributed by atoms with van der Waals surface area (Å²) in [6.07, 6.45) is 15.4. The van der Waals surface area contributed by atoms with Crippen LogP contribution in [0.3, 0.4) is 0 Å². The van der Waals surface area contributed by atoms with Crippen molar-refractivity contribution in [3.05, 3.63) is 49.1 Å². The topological polar surface area (TPSA) is 42.8 Å². The molecule has 13 heavy (non-hydrogen) atoms. The van der Waals surface area contributed by atoms with Crippen molar-refractivity contribution in [3.8, 4) is 0 Å². The smallest absolute Gasteiger partial charge is 0.122 e. The second-order valence-electron chi connectivity index (χ2n) is 2.00. The van der Waals surface area contributed by atoms with Crippen LogP contribution in [0.4, 0.5) is 0 Å². The molecule has 2 heterocycles. The van der Waals surface area contributed by atoms with Gasteiger partial charge in [0.1, 0.15) is 12.5 Å². The van der Waals surface area contributed by atoms with Gasteiger partial charge in [-0.15, -0.1) is 0 Å². The van der Waals surface area contributed by atoms with E-state index in [2.05, 4.69) is 20.3 Å². The van der Waals surface area contributed by atoms with E-state index in [1.165, 1.54) is 6.26 Å². The van der Waals surface area contributed by atoms with Gasteiger partial charge in [-0.25, -0.2) is 5.48 Å². The molecule has 0 fully saturated rings. The zero-order chi connectivity index (χ0) is 9.19. The second kappa shape index (κ2) is 6.72. The first kappa shape index (κ1) is 9.12. The van der Waals surface area contributed by atoms with Crippen molar-refractivity contribution in [2.24, 2.45) is 5.16 Å². The van der Waals surface area contributed by atoms with E-state index < -0.39 is 0 Å². The normalized spacial score (nSPS) is 16.0. The van der Waals surface area contributed by atoms with Gasteiger partial charge in [-0.3, -0.25) is 0 Å². The van der Waals surface area contributed by atoms with Gasteiger partial charge in [0.15, 0.2) is 0 Å². The Morgan fingerprint density at radius 2 is 1.85 bits per heavy atom. The molecule has 0 aromatic carbocycles. The molecule has 0 atom stereocenters. The fraction of sp³-hybridized carbons (Fsp3) is 0. The molecule has 0 aliphatic carbocycles. The third-order valence-electron chi connectivity index (χ3n) is 1.06.